The van der Waals surface area contributed by atoms with Gasteiger partial charge in [-0.05, 0) is 134 Å². The van der Waals surface area contributed by atoms with E-state index >= 15 is 0 Å². The Morgan fingerprint density at radius 3 is 2.15 bits per heavy atom. The molecule has 0 spiro atoms. The quantitative estimate of drug-likeness (QED) is 0.219. The van der Waals surface area contributed by atoms with Gasteiger partial charge in [-0.3, -0.25) is 14.4 Å². The number of nitrogens with one attached hydrogen (secondary N) is 2. The summed E-state index contributed by atoms with van der Waals surface area (Å²) in [6.45, 7) is 23.4. The van der Waals surface area contributed by atoms with Gasteiger partial charge in [0.15, 0.2) is 0 Å². The number of hydrogen-bond donors (Lipinski definition) is 4. The van der Waals surface area contributed by atoms with Crippen molar-refractivity contribution in [1.29, 1.82) is 0 Å². The zero-order valence-electron chi connectivity index (χ0n) is 30.6. The Balaban J connectivity index is 1.25. The minimum atomic E-state index is -0.924. The molecule has 0 bridgehead atoms. The summed E-state index contributed by atoms with van der Waals surface area (Å²) in [5.41, 5.74) is 0.932. The fraction of sp³-hybridized carbons (Fsp3) is 0.875. The van der Waals surface area contributed by atoms with Crippen LogP contribution in [0.3, 0.4) is 0 Å². The van der Waals surface area contributed by atoms with Crippen LogP contribution in [0.2, 0.25) is 0 Å². The average Bonchev–Trinajstić information content (AvgIpc) is 3.38. The van der Waals surface area contributed by atoms with Crippen molar-refractivity contribution in [1.82, 2.24) is 10.6 Å². The molecule has 6 rings (SSSR count). The van der Waals surface area contributed by atoms with Crippen LogP contribution in [-0.4, -0.2) is 46.7 Å². The Hall–Kier alpha value is -1.89. The Bertz CT molecular complexity index is 1320. The third kappa shape index (κ3) is 4.84. The van der Waals surface area contributed by atoms with E-state index in [9.17, 15) is 19.5 Å². The van der Waals surface area contributed by atoms with Crippen LogP contribution < -0.4 is 10.6 Å². The SMILES string of the molecule is C=C(C)[C@@H]1CC[C@]2(C(=O)N[C@@H]3C[C@H](C(=O)NCCC(=O)O)C3(C)C)CC[C@]3(C)[C@H](CC[C@@H]4[C@@]5(C)CC[C@H](O)C(C)(C)[C@@H]5CC[C@]43C)[C@@H]12. The predicted octanol–water partition coefficient (Wildman–Crippen LogP) is 7.13. The lowest BCUT2D eigenvalue weighted by atomic mass is 9.32. The van der Waals surface area contributed by atoms with Crippen molar-refractivity contribution in [2.45, 2.75) is 145 Å². The van der Waals surface area contributed by atoms with E-state index in [1.807, 2.05) is 0 Å². The van der Waals surface area contributed by atoms with Gasteiger partial charge in [-0.15, -0.1) is 0 Å². The highest BCUT2D eigenvalue weighted by Gasteiger charge is 2.72. The second kappa shape index (κ2) is 11.3. The Labute approximate surface area is 283 Å². The molecular formula is C40H64N2O5. The molecule has 47 heavy (non-hydrogen) atoms. The molecule has 4 N–H and O–H groups in total. The number of aliphatic hydroxyl groups excluding tert-OH is 1. The van der Waals surface area contributed by atoms with Gasteiger partial charge >= 0.3 is 5.97 Å². The minimum Gasteiger partial charge on any atom is -0.481 e. The van der Waals surface area contributed by atoms with Gasteiger partial charge in [0.1, 0.15) is 0 Å². The topological polar surface area (TPSA) is 116 Å². The predicted molar refractivity (Wildman–Crippen MR) is 184 cm³/mol. The summed E-state index contributed by atoms with van der Waals surface area (Å²) in [5, 5.41) is 26.4. The van der Waals surface area contributed by atoms with Gasteiger partial charge in [0, 0.05) is 18.5 Å². The van der Waals surface area contributed by atoms with Crippen LogP contribution in [0.1, 0.15) is 132 Å². The van der Waals surface area contributed by atoms with Crippen molar-refractivity contribution < 1.29 is 24.6 Å². The number of allylic oxidation sites excluding steroid dienone is 1. The number of aliphatic hydroxyl groups is 1. The molecule has 0 saturated heterocycles. The summed E-state index contributed by atoms with van der Waals surface area (Å²) >= 11 is 0. The zero-order valence-corrected chi connectivity index (χ0v) is 30.6. The lowest BCUT2D eigenvalue weighted by Gasteiger charge is -2.72. The minimum absolute atomic E-state index is 0.0597. The normalized spacial score (nSPS) is 47.6. The lowest BCUT2D eigenvalue weighted by molar-refractivity contribution is -0.246. The third-order valence-corrected chi connectivity index (χ3v) is 17.0. The molecule has 0 aliphatic heterocycles. The standard InChI is InChI=1S/C40H64N2O5/c1-23(2)24-12-18-40(34(47)42-29-22-26(35(29,3)4)33(46)41-21-15-31(44)45)20-19-38(8)25(32(24)40)10-11-28-37(7)16-14-30(43)36(5,6)27(37)13-17-39(28,38)9/h24-30,32,43H,1,10-22H2,2-9H3,(H,41,46)(H,42,47)(H,44,45)/t24-,25+,26+,27-,28+,29+,30-,32+,37-,38+,39+,40-/m0/s1. The van der Waals surface area contributed by atoms with Gasteiger partial charge in [0.05, 0.1) is 17.9 Å². The van der Waals surface area contributed by atoms with E-state index in [-0.39, 0.29) is 70.4 Å². The highest BCUT2D eigenvalue weighted by atomic mass is 16.4. The number of hydrogen-bond acceptors (Lipinski definition) is 4. The number of fused-ring (bicyclic) bond motifs is 7. The number of carboxylic acids is 1. The van der Waals surface area contributed by atoms with Gasteiger partial charge in [-0.25, -0.2) is 0 Å². The molecule has 6 aliphatic rings. The molecule has 6 saturated carbocycles. The molecule has 0 aromatic rings. The van der Waals surface area contributed by atoms with Gasteiger partial charge in [0.25, 0.3) is 0 Å². The molecule has 0 unspecified atom stereocenters. The first-order valence-corrected chi connectivity index (χ1v) is 18.9. The molecular weight excluding hydrogens is 588 g/mol. The summed E-state index contributed by atoms with van der Waals surface area (Å²) in [7, 11) is 0. The highest BCUT2D eigenvalue weighted by Crippen LogP contribution is 2.77. The number of carboxylic acid groups (broad SMARTS) is 1. The average molecular weight is 653 g/mol. The van der Waals surface area contributed by atoms with Crippen LogP contribution in [0, 0.1) is 68.0 Å². The monoisotopic (exact) mass is 652 g/mol. The van der Waals surface area contributed by atoms with E-state index in [0.29, 0.717) is 30.1 Å². The maximum Gasteiger partial charge on any atom is 0.305 e. The summed E-state index contributed by atoms with van der Waals surface area (Å²) < 4.78 is 0. The van der Waals surface area contributed by atoms with Gasteiger partial charge in [-0.2, -0.15) is 0 Å². The lowest BCUT2D eigenvalue weighted by Crippen LogP contribution is -2.68. The fourth-order valence-electron chi connectivity index (χ4n) is 13.9. The van der Waals surface area contributed by atoms with Crippen LogP contribution in [0.5, 0.6) is 0 Å². The van der Waals surface area contributed by atoms with Crippen molar-refractivity contribution in [3.05, 3.63) is 12.2 Å². The smallest absolute Gasteiger partial charge is 0.305 e. The van der Waals surface area contributed by atoms with Crippen LogP contribution in [0.4, 0.5) is 0 Å². The first-order chi connectivity index (χ1) is 21.8. The summed E-state index contributed by atoms with van der Waals surface area (Å²) in [6, 6.07) is -0.0778. The molecule has 12 atom stereocenters. The second-order valence-corrected chi connectivity index (χ2v) is 19.3. The molecule has 7 heteroatoms. The van der Waals surface area contributed by atoms with Gasteiger partial charge < -0.3 is 20.8 Å². The first kappa shape index (κ1) is 35.0. The summed E-state index contributed by atoms with van der Waals surface area (Å²) in [5.74, 6) is 1.18. The van der Waals surface area contributed by atoms with Crippen LogP contribution in [0.15, 0.2) is 12.2 Å². The van der Waals surface area contributed by atoms with Crippen molar-refractivity contribution in [3.8, 4) is 0 Å². The van der Waals surface area contributed by atoms with Crippen molar-refractivity contribution in [2.24, 2.45) is 68.0 Å². The van der Waals surface area contributed by atoms with Gasteiger partial charge in [0.2, 0.25) is 11.8 Å². The molecule has 0 aromatic heterocycles. The first-order valence-electron chi connectivity index (χ1n) is 18.9. The van der Waals surface area contributed by atoms with Gasteiger partial charge in [-0.1, -0.05) is 60.6 Å². The zero-order chi connectivity index (χ0) is 34.5. The largest absolute Gasteiger partial charge is 0.481 e. The molecule has 6 fully saturated rings. The second-order valence-electron chi connectivity index (χ2n) is 19.3. The fourth-order valence-corrected chi connectivity index (χ4v) is 13.9. The van der Waals surface area contributed by atoms with E-state index < -0.39 is 16.8 Å². The van der Waals surface area contributed by atoms with Crippen LogP contribution in [0.25, 0.3) is 0 Å². The summed E-state index contributed by atoms with van der Waals surface area (Å²) in [6.07, 6.45) is 11.0. The van der Waals surface area contributed by atoms with Crippen molar-refractivity contribution >= 4 is 17.8 Å². The van der Waals surface area contributed by atoms with E-state index in [4.69, 9.17) is 5.11 Å². The Morgan fingerprint density at radius 2 is 1.51 bits per heavy atom. The number of rotatable bonds is 7. The van der Waals surface area contributed by atoms with Crippen LogP contribution >= 0.6 is 0 Å². The molecule has 2 amide bonds. The van der Waals surface area contributed by atoms with Crippen molar-refractivity contribution in [3.63, 3.8) is 0 Å². The maximum absolute atomic E-state index is 14.7. The number of carbonyl (C=O) groups is 3. The van der Waals surface area contributed by atoms with E-state index in [0.717, 1.165) is 38.5 Å². The molecule has 0 radical (unpaired) electrons. The number of carbonyl (C=O) groups excluding carboxylic acids is 2. The molecule has 264 valence electrons. The van der Waals surface area contributed by atoms with Crippen molar-refractivity contribution in [2.75, 3.05) is 6.54 Å². The summed E-state index contributed by atoms with van der Waals surface area (Å²) in [4.78, 5) is 38.6. The van der Waals surface area contributed by atoms with Crippen LogP contribution in [-0.2, 0) is 14.4 Å². The van der Waals surface area contributed by atoms with E-state index in [1.165, 1.54) is 31.3 Å². The molecule has 7 nitrogen and oxygen atoms in total. The third-order valence-electron chi connectivity index (χ3n) is 17.0. The Kier molecular flexibility index (Phi) is 8.42. The highest BCUT2D eigenvalue weighted by molar-refractivity contribution is 5.86. The molecule has 6 aliphatic carbocycles. The molecule has 0 aromatic carbocycles. The molecule has 0 heterocycles. The Morgan fingerprint density at radius 1 is 0.809 bits per heavy atom. The van der Waals surface area contributed by atoms with E-state index in [2.05, 4.69) is 72.6 Å². The maximum atomic E-state index is 14.7. The number of aliphatic carboxylic acids is 1. The number of amides is 2. The van der Waals surface area contributed by atoms with E-state index in [1.54, 1.807) is 0 Å².